The van der Waals surface area contributed by atoms with E-state index in [2.05, 4.69) is 5.32 Å². The first-order valence-corrected chi connectivity index (χ1v) is 8.75. The molecule has 1 N–H and O–H groups in total. The minimum Gasteiger partial charge on any atom is -0.497 e. The average molecular weight is 383 g/mol. The molecule has 1 unspecified atom stereocenters. The van der Waals surface area contributed by atoms with Crippen LogP contribution in [0.2, 0.25) is 0 Å². The molecule has 0 saturated heterocycles. The number of rotatable bonds is 5. The van der Waals surface area contributed by atoms with E-state index in [9.17, 15) is 4.79 Å². The largest absolute Gasteiger partial charge is 0.497 e. The minimum atomic E-state index is -0.397. The predicted octanol–water partition coefficient (Wildman–Crippen LogP) is 3.09. The summed E-state index contributed by atoms with van der Waals surface area (Å²) in [5, 5.41) is 3.31. The van der Waals surface area contributed by atoms with Crippen LogP contribution in [0.3, 0.4) is 0 Å². The highest BCUT2D eigenvalue weighted by molar-refractivity contribution is 5.97. The second-order valence-electron chi connectivity index (χ2n) is 6.46. The van der Waals surface area contributed by atoms with E-state index in [1.807, 2.05) is 18.2 Å². The number of fused-ring (bicyclic) bond motifs is 1. The van der Waals surface area contributed by atoms with E-state index in [1.165, 1.54) is 0 Å². The summed E-state index contributed by atoms with van der Waals surface area (Å²) in [5.74, 6) is 1.79. The molecule has 0 radical (unpaired) electrons. The highest BCUT2D eigenvalue weighted by Crippen LogP contribution is 2.50. The molecular formula is C21H21NO6. The van der Waals surface area contributed by atoms with Gasteiger partial charge >= 0.3 is 5.97 Å². The zero-order valence-corrected chi connectivity index (χ0v) is 16.1. The third kappa shape index (κ3) is 2.79. The van der Waals surface area contributed by atoms with Crippen LogP contribution in [0.1, 0.15) is 17.0 Å². The third-order valence-electron chi connectivity index (χ3n) is 5.03. The SMILES string of the molecule is COc1cc(OC)cc(C2C3=C(COC3=O)Nc3cc(OC)cc(OC)c32)c1. The van der Waals surface area contributed by atoms with Gasteiger partial charge in [-0.25, -0.2) is 4.79 Å². The highest BCUT2D eigenvalue weighted by atomic mass is 16.5. The van der Waals surface area contributed by atoms with Gasteiger partial charge in [-0.2, -0.15) is 0 Å². The van der Waals surface area contributed by atoms with Crippen LogP contribution in [0.15, 0.2) is 41.6 Å². The fourth-order valence-electron chi connectivity index (χ4n) is 3.74. The minimum absolute atomic E-state index is 0.199. The summed E-state index contributed by atoms with van der Waals surface area (Å²) in [5.41, 5.74) is 3.77. The summed E-state index contributed by atoms with van der Waals surface area (Å²) in [6.45, 7) is 0.199. The second-order valence-corrected chi connectivity index (χ2v) is 6.46. The molecule has 146 valence electrons. The number of ether oxygens (including phenoxy) is 5. The number of hydrogen-bond acceptors (Lipinski definition) is 7. The van der Waals surface area contributed by atoms with E-state index in [0.717, 1.165) is 22.5 Å². The molecule has 0 amide bonds. The molecule has 0 bridgehead atoms. The fraction of sp³-hybridized carbons (Fsp3) is 0.286. The predicted molar refractivity (Wildman–Crippen MR) is 103 cm³/mol. The van der Waals surface area contributed by atoms with E-state index in [0.29, 0.717) is 28.6 Å². The van der Waals surface area contributed by atoms with Crippen molar-refractivity contribution in [1.29, 1.82) is 0 Å². The Kier molecular flexibility index (Phi) is 4.50. The first-order chi connectivity index (χ1) is 13.6. The van der Waals surface area contributed by atoms with Gasteiger partial charge in [0, 0.05) is 35.4 Å². The number of methoxy groups -OCH3 is 4. The lowest BCUT2D eigenvalue weighted by atomic mass is 9.80. The second kappa shape index (κ2) is 6.99. The van der Waals surface area contributed by atoms with Crippen molar-refractivity contribution in [3.05, 3.63) is 52.7 Å². The van der Waals surface area contributed by atoms with E-state index >= 15 is 0 Å². The van der Waals surface area contributed by atoms with Crippen LogP contribution in [0.4, 0.5) is 5.69 Å². The molecule has 0 aromatic heterocycles. The van der Waals surface area contributed by atoms with Crippen LogP contribution < -0.4 is 24.3 Å². The lowest BCUT2D eigenvalue weighted by Crippen LogP contribution is -2.21. The van der Waals surface area contributed by atoms with Gasteiger partial charge in [-0.1, -0.05) is 0 Å². The topological polar surface area (TPSA) is 75.3 Å². The molecule has 7 heteroatoms. The maximum atomic E-state index is 12.6. The van der Waals surface area contributed by atoms with Gasteiger partial charge in [0.15, 0.2) is 0 Å². The van der Waals surface area contributed by atoms with Crippen molar-refractivity contribution < 1.29 is 28.5 Å². The summed E-state index contributed by atoms with van der Waals surface area (Å²) in [4.78, 5) is 12.6. The Morgan fingerprint density at radius 1 is 0.893 bits per heavy atom. The van der Waals surface area contributed by atoms with Crippen molar-refractivity contribution in [1.82, 2.24) is 0 Å². The van der Waals surface area contributed by atoms with E-state index < -0.39 is 5.92 Å². The summed E-state index contributed by atoms with van der Waals surface area (Å²) >= 11 is 0. The average Bonchev–Trinajstić information content (AvgIpc) is 3.10. The molecule has 2 aliphatic rings. The van der Waals surface area contributed by atoms with Gasteiger partial charge in [-0.3, -0.25) is 0 Å². The van der Waals surface area contributed by atoms with Gasteiger partial charge in [0.2, 0.25) is 0 Å². The molecule has 7 nitrogen and oxygen atoms in total. The number of carbonyl (C=O) groups excluding carboxylic acids is 1. The number of hydrogen-bond donors (Lipinski definition) is 1. The van der Waals surface area contributed by atoms with Crippen molar-refractivity contribution in [2.75, 3.05) is 40.4 Å². The first-order valence-electron chi connectivity index (χ1n) is 8.75. The van der Waals surface area contributed by atoms with Crippen molar-refractivity contribution in [2.24, 2.45) is 0 Å². The molecule has 1 atom stereocenters. The molecule has 0 aliphatic carbocycles. The number of cyclic esters (lactones) is 1. The molecule has 2 aromatic carbocycles. The van der Waals surface area contributed by atoms with Crippen LogP contribution in [-0.2, 0) is 9.53 Å². The van der Waals surface area contributed by atoms with Crippen molar-refractivity contribution in [2.45, 2.75) is 5.92 Å². The van der Waals surface area contributed by atoms with E-state index in [-0.39, 0.29) is 12.6 Å². The molecule has 4 rings (SSSR count). The molecule has 0 fully saturated rings. The lowest BCUT2D eigenvalue weighted by Gasteiger charge is -2.29. The van der Waals surface area contributed by atoms with Gasteiger partial charge in [-0.05, 0) is 17.7 Å². The molecule has 0 saturated carbocycles. The molecular weight excluding hydrogens is 362 g/mol. The van der Waals surface area contributed by atoms with Gasteiger partial charge in [-0.15, -0.1) is 0 Å². The monoisotopic (exact) mass is 383 g/mol. The zero-order chi connectivity index (χ0) is 19.8. The summed E-state index contributed by atoms with van der Waals surface area (Å²) in [6.07, 6.45) is 0. The van der Waals surface area contributed by atoms with Crippen LogP contribution in [0.25, 0.3) is 0 Å². The quantitative estimate of drug-likeness (QED) is 0.795. The standard InChI is InChI=1S/C21H21NO6/c1-24-12-5-11(6-13(7-12)25-2)18-19-15(8-14(26-3)9-17(19)27-4)22-16-10-28-21(23)20(16)18/h5-9,18,22H,10H2,1-4H3. The maximum Gasteiger partial charge on any atom is 0.337 e. The van der Waals surface area contributed by atoms with Crippen molar-refractivity contribution in [3.8, 4) is 23.0 Å². The first kappa shape index (κ1) is 18.0. The number of benzene rings is 2. The van der Waals surface area contributed by atoms with Crippen LogP contribution in [0, 0.1) is 0 Å². The molecule has 28 heavy (non-hydrogen) atoms. The molecule has 2 heterocycles. The molecule has 2 aliphatic heterocycles. The Morgan fingerprint density at radius 2 is 1.54 bits per heavy atom. The number of nitrogens with one attached hydrogen (secondary N) is 1. The number of esters is 1. The Balaban J connectivity index is 1.99. The Hall–Kier alpha value is -3.35. The van der Waals surface area contributed by atoms with Crippen LogP contribution in [-0.4, -0.2) is 41.0 Å². The van der Waals surface area contributed by atoms with Gasteiger partial charge < -0.3 is 29.0 Å². The fourth-order valence-corrected chi connectivity index (χ4v) is 3.74. The smallest absolute Gasteiger partial charge is 0.337 e. The van der Waals surface area contributed by atoms with Crippen molar-refractivity contribution >= 4 is 11.7 Å². The molecule has 2 aromatic rings. The normalized spacial score (nSPS) is 17.3. The maximum absolute atomic E-state index is 12.6. The summed E-state index contributed by atoms with van der Waals surface area (Å²) in [6, 6.07) is 9.26. The van der Waals surface area contributed by atoms with E-state index in [1.54, 1.807) is 40.6 Å². The zero-order valence-electron chi connectivity index (χ0n) is 16.1. The van der Waals surface area contributed by atoms with Gasteiger partial charge in [0.05, 0.1) is 39.7 Å². The third-order valence-corrected chi connectivity index (χ3v) is 5.03. The van der Waals surface area contributed by atoms with Crippen molar-refractivity contribution in [3.63, 3.8) is 0 Å². The van der Waals surface area contributed by atoms with Gasteiger partial charge in [0.25, 0.3) is 0 Å². The highest BCUT2D eigenvalue weighted by Gasteiger charge is 2.40. The summed E-state index contributed by atoms with van der Waals surface area (Å²) in [7, 11) is 6.38. The lowest BCUT2D eigenvalue weighted by molar-refractivity contribution is -0.136. The Bertz CT molecular complexity index is 959. The number of anilines is 1. The van der Waals surface area contributed by atoms with Gasteiger partial charge in [0.1, 0.15) is 29.6 Å². The van der Waals surface area contributed by atoms with E-state index in [4.69, 9.17) is 23.7 Å². The Morgan fingerprint density at radius 3 is 2.14 bits per heavy atom. The molecule has 0 spiro atoms. The Labute approximate surface area is 162 Å². The summed E-state index contributed by atoms with van der Waals surface area (Å²) < 4.78 is 27.2. The van der Waals surface area contributed by atoms with Crippen LogP contribution >= 0.6 is 0 Å². The van der Waals surface area contributed by atoms with Crippen LogP contribution in [0.5, 0.6) is 23.0 Å². The number of carbonyl (C=O) groups is 1.